The third-order valence-electron chi connectivity index (χ3n) is 5.43. The van der Waals surface area contributed by atoms with Gasteiger partial charge in [-0.05, 0) is 76.3 Å². The Bertz CT molecular complexity index is 1040. The summed E-state index contributed by atoms with van der Waals surface area (Å²) < 4.78 is 7.09. The summed E-state index contributed by atoms with van der Waals surface area (Å²) in [7, 11) is 0. The molecule has 1 aromatic rings. The normalized spacial score (nSPS) is 15.0. The molecular weight excluding hydrogens is 521 g/mol. The van der Waals surface area contributed by atoms with E-state index in [9.17, 15) is 5.26 Å². The van der Waals surface area contributed by atoms with Gasteiger partial charge in [0, 0.05) is 27.6 Å². The van der Waals surface area contributed by atoms with Crippen molar-refractivity contribution in [3.8, 4) is 11.8 Å². The van der Waals surface area contributed by atoms with Crippen molar-refractivity contribution in [3.63, 3.8) is 0 Å². The second kappa shape index (κ2) is 14.6. The Labute approximate surface area is 213 Å². The van der Waals surface area contributed by atoms with E-state index in [2.05, 4.69) is 67.9 Å². The topological polar surface area (TPSA) is 57.7 Å². The summed E-state index contributed by atoms with van der Waals surface area (Å²) in [5, 5.41) is 9.44. The van der Waals surface area contributed by atoms with Crippen LogP contribution in [0.15, 0.2) is 75.7 Å². The van der Waals surface area contributed by atoms with E-state index in [1.165, 1.54) is 5.57 Å². The van der Waals surface area contributed by atoms with Crippen molar-refractivity contribution in [2.75, 3.05) is 4.43 Å². The molecule has 0 N–H and O–H groups in total. The fourth-order valence-electron chi connectivity index (χ4n) is 2.98. The van der Waals surface area contributed by atoms with Crippen LogP contribution in [0.4, 0.5) is 0 Å². The van der Waals surface area contributed by atoms with Gasteiger partial charge in [0.05, 0.1) is 17.3 Å². The van der Waals surface area contributed by atoms with Gasteiger partial charge >= 0.3 is 0 Å². The number of hydrogen-bond acceptors (Lipinski definition) is 4. The lowest BCUT2D eigenvalue weighted by atomic mass is 9.94. The van der Waals surface area contributed by atoms with Gasteiger partial charge in [-0.3, -0.25) is 9.98 Å². The van der Waals surface area contributed by atoms with Gasteiger partial charge in [0.1, 0.15) is 11.5 Å². The molecule has 0 heterocycles. The quantitative estimate of drug-likeness (QED) is 0.0903. The zero-order valence-corrected chi connectivity index (χ0v) is 23.2. The molecule has 0 fully saturated rings. The van der Waals surface area contributed by atoms with Crippen LogP contribution in [0.1, 0.15) is 72.4 Å². The maximum atomic E-state index is 9.44. The highest BCUT2D eigenvalue weighted by Gasteiger charge is 2.17. The van der Waals surface area contributed by atoms with Crippen molar-refractivity contribution < 1.29 is 4.74 Å². The van der Waals surface area contributed by atoms with Gasteiger partial charge in [-0.15, -0.1) is 0 Å². The van der Waals surface area contributed by atoms with Gasteiger partial charge in [-0.2, -0.15) is 5.26 Å². The van der Waals surface area contributed by atoms with E-state index in [1.54, 1.807) is 6.07 Å². The molecule has 0 aliphatic carbocycles. The van der Waals surface area contributed by atoms with Crippen molar-refractivity contribution in [2.24, 2.45) is 15.9 Å². The number of nitrogens with zero attached hydrogens (tertiary/aromatic N) is 3. The molecule has 0 amide bonds. The lowest BCUT2D eigenvalue weighted by Crippen LogP contribution is -2.14. The van der Waals surface area contributed by atoms with Gasteiger partial charge in [0.2, 0.25) is 0 Å². The number of benzene rings is 1. The van der Waals surface area contributed by atoms with Crippen molar-refractivity contribution in [2.45, 2.75) is 61.3 Å². The minimum atomic E-state index is 0.217. The van der Waals surface area contributed by atoms with Gasteiger partial charge < -0.3 is 4.74 Å². The highest BCUT2D eigenvalue weighted by atomic mass is 127. The standard InChI is InChI=1S/C28H36IN3O/c1-9-19(4)23(8)32-21(6)14-22(7)33-27-15-25(17-30)12-13-26(27)28(20(5)10-2)31-18-24(11-3)16-29/h11-15,18,20H,3,9-10,16H2,1-2,4-8H3/b22-14+,23-19+,24-18+,31-28?,32-21+. The molecular formula is C28H36IN3O. The molecule has 0 radical (unpaired) electrons. The van der Waals surface area contributed by atoms with E-state index in [-0.39, 0.29) is 5.92 Å². The maximum absolute atomic E-state index is 9.44. The molecule has 5 heteroatoms. The molecule has 33 heavy (non-hydrogen) atoms. The molecule has 176 valence electrons. The molecule has 4 nitrogen and oxygen atoms in total. The summed E-state index contributed by atoms with van der Waals surface area (Å²) in [6.07, 6.45) is 7.52. The van der Waals surface area contributed by atoms with Crippen molar-refractivity contribution in [3.05, 3.63) is 76.9 Å². The molecule has 0 aliphatic heterocycles. The Morgan fingerprint density at radius 3 is 2.48 bits per heavy atom. The van der Waals surface area contributed by atoms with Crippen LogP contribution < -0.4 is 4.74 Å². The average Bonchev–Trinajstić information content (AvgIpc) is 2.80. The number of allylic oxidation sites excluding steroid dienone is 6. The molecule has 0 saturated carbocycles. The fraction of sp³-hybridized carbons (Fsp3) is 0.393. The second-order valence-corrected chi connectivity index (χ2v) is 8.78. The van der Waals surface area contributed by atoms with E-state index in [0.717, 1.165) is 45.5 Å². The third-order valence-corrected chi connectivity index (χ3v) is 6.31. The first kappa shape index (κ1) is 28.6. The van der Waals surface area contributed by atoms with Crippen molar-refractivity contribution in [1.82, 2.24) is 0 Å². The summed E-state index contributed by atoms with van der Waals surface area (Å²) >= 11 is 2.30. The SMILES string of the molecule is C=C/C(=C\N=C(c1ccc(C#N)cc1O/C(C)=C/C(C)=N/C(C)=C(\C)CC)C(C)CC)CI. The summed E-state index contributed by atoms with van der Waals surface area (Å²) in [6, 6.07) is 7.72. The molecule has 0 aromatic heterocycles. The van der Waals surface area contributed by atoms with Crippen LogP contribution >= 0.6 is 22.6 Å². The second-order valence-electron chi connectivity index (χ2n) is 8.02. The van der Waals surface area contributed by atoms with Crippen LogP contribution in [-0.4, -0.2) is 15.9 Å². The van der Waals surface area contributed by atoms with Crippen molar-refractivity contribution in [1.29, 1.82) is 5.26 Å². The van der Waals surface area contributed by atoms with Crippen LogP contribution in [0.5, 0.6) is 5.75 Å². The number of nitriles is 1. The predicted molar refractivity (Wildman–Crippen MR) is 150 cm³/mol. The van der Waals surface area contributed by atoms with Gasteiger partial charge in [0.15, 0.2) is 0 Å². The fourth-order valence-corrected chi connectivity index (χ4v) is 3.49. The van der Waals surface area contributed by atoms with Crippen LogP contribution in [0.3, 0.4) is 0 Å². The number of alkyl halides is 1. The van der Waals surface area contributed by atoms with Gasteiger partial charge in [0.25, 0.3) is 0 Å². The monoisotopic (exact) mass is 557 g/mol. The Morgan fingerprint density at radius 1 is 1.24 bits per heavy atom. The Balaban J connectivity index is 3.52. The molecule has 0 aliphatic rings. The minimum absolute atomic E-state index is 0.217. The Morgan fingerprint density at radius 2 is 1.94 bits per heavy atom. The lowest BCUT2D eigenvalue weighted by Gasteiger charge is -2.17. The van der Waals surface area contributed by atoms with Crippen LogP contribution in [0, 0.1) is 17.2 Å². The lowest BCUT2D eigenvalue weighted by molar-refractivity contribution is 0.427. The van der Waals surface area contributed by atoms with E-state index in [1.807, 2.05) is 51.3 Å². The molecule has 0 bridgehead atoms. The first-order chi connectivity index (χ1) is 15.7. The summed E-state index contributed by atoms with van der Waals surface area (Å²) in [6.45, 7) is 18.3. The first-order valence-corrected chi connectivity index (χ1v) is 12.8. The Hall–Kier alpha value is -2.46. The Kier molecular flexibility index (Phi) is 12.7. The maximum Gasteiger partial charge on any atom is 0.137 e. The third kappa shape index (κ3) is 9.13. The van der Waals surface area contributed by atoms with E-state index >= 15 is 0 Å². The van der Waals surface area contributed by atoms with Crippen LogP contribution in [0.2, 0.25) is 0 Å². The predicted octanol–water partition coefficient (Wildman–Crippen LogP) is 8.35. The van der Waals surface area contributed by atoms with Crippen LogP contribution in [-0.2, 0) is 0 Å². The number of rotatable bonds is 11. The molecule has 1 atom stereocenters. The molecule has 0 spiro atoms. The van der Waals surface area contributed by atoms with Gasteiger partial charge in [-0.1, -0.05) is 61.6 Å². The smallest absolute Gasteiger partial charge is 0.137 e. The highest BCUT2D eigenvalue weighted by Crippen LogP contribution is 2.27. The largest absolute Gasteiger partial charge is 0.461 e. The zero-order valence-electron chi connectivity index (χ0n) is 21.0. The summed E-state index contributed by atoms with van der Waals surface area (Å²) in [4.78, 5) is 9.50. The van der Waals surface area contributed by atoms with E-state index in [0.29, 0.717) is 17.1 Å². The van der Waals surface area contributed by atoms with E-state index < -0.39 is 0 Å². The van der Waals surface area contributed by atoms with E-state index in [4.69, 9.17) is 9.73 Å². The number of hydrogen-bond donors (Lipinski definition) is 0. The number of aliphatic imine (C=N–C) groups is 2. The first-order valence-electron chi connectivity index (χ1n) is 11.3. The van der Waals surface area contributed by atoms with Crippen molar-refractivity contribution >= 4 is 34.0 Å². The number of ether oxygens (including phenoxy) is 1. The zero-order chi connectivity index (χ0) is 25.0. The minimum Gasteiger partial charge on any atom is -0.461 e. The van der Waals surface area contributed by atoms with Crippen LogP contribution in [0.25, 0.3) is 0 Å². The molecule has 0 saturated heterocycles. The highest BCUT2D eigenvalue weighted by molar-refractivity contribution is 14.1. The molecule has 1 unspecified atom stereocenters. The summed E-state index contributed by atoms with van der Waals surface area (Å²) in [5.74, 6) is 1.54. The average molecular weight is 558 g/mol. The number of halogens is 1. The molecule has 1 rings (SSSR count). The van der Waals surface area contributed by atoms with Gasteiger partial charge in [-0.25, -0.2) is 0 Å². The summed E-state index contributed by atoms with van der Waals surface area (Å²) in [5.41, 5.74) is 6.57. The molecule has 1 aromatic carbocycles.